The van der Waals surface area contributed by atoms with Gasteiger partial charge in [0, 0.05) is 25.6 Å². The van der Waals surface area contributed by atoms with Gasteiger partial charge in [0.1, 0.15) is 5.69 Å². The lowest BCUT2D eigenvalue weighted by Gasteiger charge is -2.09. The molecule has 2 aromatic rings. The fourth-order valence-electron chi connectivity index (χ4n) is 2.15. The lowest BCUT2D eigenvalue weighted by atomic mass is 10.1. The molecule has 1 aromatic heterocycles. The van der Waals surface area contributed by atoms with Crippen LogP contribution in [-0.4, -0.2) is 51.5 Å². The van der Waals surface area contributed by atoms with Gasteiger partial charge >= 0.3 is 0 Å². The number of methoxy groups -OCH3 is 2. The molecule has 23 heavy (non-hydrogen) atoms. The third kappa shape index (κ3) is 4.91. The maximum atomic E-state index is 12.2. The van der Waals surface area contributed by atoms with Gasteiger partial charge in [-0.2, -0.15) is 0 Å². The Hall–Kier alpha value is -2.18. The minimum Gasteiger partial charge on any atom is -0.481 e. The number of nitrogens with one attached hydrogen (secondary N) is 1. The number of ether oxygens (including phenoxy) is 3. The van der Waals surface area contributed by atoms with E-state index in [0.29, 0.717) is 37.9 Å². The fraction of sp³-hybridized carbons (Fsp3) is 0.412. The van der Waals surface area contributed by atoms with E-state index in [1.54, 1.807) is 20.3 Å². The predicted molar refractivity (Wildman–Crippen MR) is 87.9 cm³/mol. The fourth-order valence-corrected chi connectivity index (χ4v) is 2.15. The number of amides is 1. The third-order valence-corrected chi connectivity index (χ3v) is 3.31. The lowest BCUT2D eigenvalue weighted by Crippen LogP contribution is -2.26. The summed E-state index contributed by atoms with van der Waals surface area (Å²) in [5.41, 5.74) is 0.348. The third-order valence-electron chi connectivity index (χ3n) is 3.31. The second kappa shape index (κ2) is 9.07. The Labute approximate surface area is 135 Å². The van der Waals surface area contributed by atoms with Gasteiger partial charge in [-0.25, -0.2) is 4.98 Å². The van der Waals surface area contributed by atoms with Crippen LogP contribution in [0.1, 0.15) is 16.9 Å². The van der Waals surface area contributed by atoms with Gasteiger partial charge in [0.2, 0.25) is 5.88 Å². The highest BCUT2D eigenvalue weighted by Gasteiger charge is 2.11. The Morgan fingerprint density at radius 1 is 1.17 bits per heavy atom. The van der Waals surface area contributed by atoms with E-state index in [0.717, 1.165) is 17.2 Å². The summed E-state index contributed by atoms with van der Waals surface area (Å²) >= 11 is 0. The van der Waals surface area contributed by atoms with Gasteiger partial charge in [0.05, 0.1) is 20.3 Å². The summed E-state index contributed by atoms with van der Waals surface area (Å²) < 4.78 is 15.5. The largest absolute Gasteiger partial charge is 0.481 e. The van der Waals surface area contributed by atoms with Crippen LogP contribution < -0.4 is 10.1 Å². The van der Waals surface area contributed by atoms with E-state index in [-0.39, 0.29) is 5.91 Å². The van der Waals surface area contributed by atoms with E-state index < -0.39 is 0 Å². The van der Waals surface area contributed by atoms with E-state index in [1.807, 2.05) is 24.3 Å². The molecule has 1 heterocycles. The molecule has 0 spiro atoms. The summed E-state index contributed by atoms with van der Waals surface area (Å²) in [6.07, 6.45) is 0.736. The van der Waals surface area contributed by atoms with Crippen molar-refractivity contribution in [2.24, 2.45) is 0 Å². The van der Waals surface area contributed by atoms with E-state index in [1.165, 1.54) is 0 Å². The standard InChI is InChI=1S/C17H22N2O4/c1-21-10-11-23-9-5-8-18-16(20)15-12-13-6-3-4-7-14(13)17(19-15)22-2/h3-4,6-7,12H,5,8-11H2,1-2H3,(H,18,20). The maximum absolute atomic E-state index is 12.2. The number of carbonyl (C=O) groups is 1. The zero-order chi connectivity index (χ0) is 16.5. The summed E-state index contributed by atoms with van der Waals surface area (Å²) in [5.74, 6) is 0.238. The van der Waals surface area contributed by atoms with Crippen LogP contribution in [0, 0.1) is 0 Å². The van der Waals surface area contributed by atoms with Crippen molar-refractivity contribution in [3.63, 3.8) is 0 Å². The van der Waals surface area contributed by atoms with E-state index in [4.69, 9.17) is 14.2 Å². The molecule has 0 unspecified atom stereocenters. The molecule has 0 aliphatic rings. The second-order valence-electron chi connectivity index (χ2n) is 4.95. The van der Waals surface area contributed by atoms with Gasteiger partial charge in [0.15, 0.2) is 0 Å². The molecular weight excluding hydrogens is 296 g/mol. The van der Waals surface area contributed by atoms with Crippen molar-refractivity contribution in [3.8, 4) is 5.88 Å². The van der Waals surface area contributed by atoms with Crippen molar-refractivity contribution in [3.05, 3.63) is 36.0 Å². The van der Waals surface area contributed by atoms with Crippen molar-refractivity contribution in [1.29, 1.82) is 0 Å². The summed E-state index contributed by atoms with van der Waals surface area (Å²) in [7, 11) is 3.18. The molecule has 0 aliphatic heterocycles. The van der Waals surface area contributed by atoms with Crippen molar-refractivity contribution in [2.45, 2.75) is 6.42 Å². The van der Waals surface area contributed by atoms with Crippen LogP contribution in [0.25, 0.3) is 10.8 Å². The first-order chi connectivity index (χ1) is 11.3. The van der Waals surface area contributed by atoms with Crippen LogP contribution in [0.2, 0.25) is 0 Å². The molecule has 0 radical (unpaired) electrons. The molecule has 0 saturated carbocycles. The highest BCUT2D eigenvalue weighted by molar-refractivity contribution is 5.98. The Bertz CT molecular complexity index is 646. The smallest absolute Gasteiger partial charge is 0.270 e. The van der Waals surface area contributed by atoms with E-state index >= 15 is 0 Å². The van der Waals surface area contributed by atoms with Gasteiger partial charge in [-0.3, -0.25) is 4.79 Å². The molecule has 1 amide bonds. The Kier molecular flexibility index (Phi) is 6.77. The van der Waals surface area contributed by atoms with Crippen LogP contribution in [0.15, 0.2) is 30.3 Å². The molecule has 0 fully saturated rings. The average molecular weight is 318 g/mol. The monoisotopic (exact) mass is 318 g/mol. The zero-order valence-corrected chi connectivity index (χ0v) is 13.5. The molecule has 1 aromatic carbocycles. The number of aromatic nitrogens is 1. The maximum Gasteiger partial charge on any atom is 0.270 e. The Balaban J connectivity index is 1.91. The number of pyridine rings is 1. The first-order valence-electron chi connectivity index (χ1n) is 7.55. The van der Waals surface area contributed by atoms with Crippen LogP contribution >= 0.6 is 0 Å². The first-order valence-corrected chi connectivity index (χ1v) is 7.55. The van der Waals surface area contributed by atoms with Crippen LogP contribution in [0.5, 0.6) is 5.88 Å². The van der Waals surface area contributed by atoms with Gasteiger partial charge < -0.3 is 19.5 Å². The van der Waals surface area contributed by atoms with Gasteiger partial charge in [0.25, 0.3) is 5.91 Å². The van der Waals surface area contributed by atoms with Gasteiger partial charge in [-0.15, -0.1) is 0 Å². The van der Waals surface area contributed by atoms with Crippen LogP contribution in [0.4, 0.5) is 0 Å². The van der Waals surface area contributed by atoms with E-state index in [2.05, 4.69) is 10.3 Å². The predicted octanol–water partition coefficient (Wildman–Crippen LogP) is 2.03. The van der Waals surface area contributed by atoms with Gasteiger partial charge in [-0.1, -0.05) is 18.2 Å². The van der Waals surface area contributed by atoms with E-state index in [9.17, 15) is 4.79 Å². The topological polar surface area (TPSA) is 69.7 Å². The first kappa shape index (κ1) is 17.2. The zero-order valence-electron chi connectivity index (χ0n) is 13.5. The SMILES string of the molecule is COCCOCCCNC(=O)c1cc2ccccc2c(OC)n1. The van der Waals surface area contributed by atoms with Crippen molar-refractivity contribution >= 4 is 16.7 Å². The molecule has 124 valence electrons. The van der Waals surface area contributed by atoms with Crippen LogP contribution in [0.3, 0.4) is 0 Å². The van der Waals surface area contributed by atoms with Crippen molar-refractivity contribution < 1.29 is 19.0 Å². The Morgan fingerprint density at radius 3 is 2.78 bits per heavy atom. The number of rotatable bonds is 9. The molecule has 0 aliphatic carbocycles. The second-order valence-corrected chi connectivity index (χ2v) is 4.95. The minimum absolute atomic E-state index is 0.217. The Morgan fingerprint density at radius 2 is 2.00 bits per heavy atom. The summed E-state index contributed by atoms with van der Waals surface area (Å²) in [5, 5.41) is 4.65. The number of nitrogens with zero attached hydrogens (tertiary/aromatic N) is 1. The number of benzene rings is 1. The summed E-state index contributed by atoms with van der Waals surface area (Å²) in [6.45, 7) is 2.25. The normalized spacial score (nSPS) is 10.7. The number of hydrogen-bond donors (Lipinski definition) is 1. The quantitative estimate of drug-likeness (QED) is 0.716. The molecule has 0 atom stereocenters. The molecule has 0 bridgehead atoms. The number of carbonyl (C=O) groups excluding carboxylic acids is 1. The molecule has 6 heteroatoms. The van der Waals surface area contributed by atoms with Crippen molar-refractivity contribution in [1.82, 2.24) is 10.3 Å². The molecule has 1 N–H and O–H groups in total. The summed E-state index contributed by atoms with van der Waals surface area (Å²) in [6, 6.07) is 9.44. The highest BCUT2D eigenvalue weighted by Crippen LogP contribution is 2.23. The van der Waals surface area contributed by atoms with Gasteiger partial charge in [-0.05, 0) is 23.9 Å². The summed E-state index contributed by atoms with van der Waals surface area (Å²) in [4.78, 5) is 16.5. The van der Waals surface area contributed by atoms with Crippen LogP contribution in [-0.2, 0) is 9.47 Å². The molecule has 0 saturated heterocycles. The molecule has 2 rings (SSSR count). The minimum atomic E-state index is -0.217. The lowest BCUT2D eigenvalue weighted by molar-refractivity contribution is 0.0688. The number of fused-ring (bicyclic) bond motifs is 1. The highest BCUT2D eigenvalue weighted by atomic mass is 16.5. The molecule has 6 nitrogen and oxygen atoms in total. The molecular formula is C17H22N2O4. The van der Waals surface area contributed by atoms with Crippen molar-refractivity contribution in [2.75, 3.05) is 40.6 Å². The number of hydrogen-bond acceptors (Lipinski definition) is 5. The average Bonchev–Trinajstić information content (AvgIpc) is 2.59.